The monoisotopic (exact) mass is 432 g/mol. The molecule has 0 aliphatic carbocycles. The fraction of sp³-hybridized carbons (Fsp3) is 0.429. The normalized spacial score (nSPS) is 17.2. The predicted molar refractivity (Wildman–Crippen MR) is 115 cm³/mol. The molecule has 0 spiro atoms. The second-order valence-corrected chi connectivity index (χ2v) is 10.2. The molecule has 1 aliphatic heterocycles. The van der Waals surface area contributed by atoms with Crippen molar-refractivity contribution in [2.45, 2.75) is 43.7 Å². The number of amides is 1. The molecule has 2 heterocycles. The Morgan fingerprint density at radius 2 is 1.90 bits per heavy atom. The van der Waals surface area contributed by atoms with Crippen LogP contribution in [-0.2, 0) is 14.8 Å². The number of rotatable bonds is 5. The van der Waals surface area contributed by atoms with Crippen LogP contribution in [0.1, 0.15) is 27.2 Å². The standard InChI is InChI=1S/C21H28N4O4S/c1-21(2,3)29-20(26)25-14-12-17(15-25)24(4)30(27,28)18-11-8-13-22-19(18)23-16-9-6-5-7-10-16/h5-11,13,17H,12,14-15H2,1-4H3,(H,22,23)/t17-/m0/s1. The average molecular weight is 433 g/mol. The van der Waals surface area contributed by atoms with Gasteiger partial charge in [0, 0.05) is 38.1 Å². The molecule has 30 heavy (non-hydrogen) atoms. The van der Waals surface area contributed by atoms with E-state index >= 15 is 0 Å². The van der Waals surface area contributed by atoms with E-state index in [1.165, 1.54) is 17.4 Å². The van der Waals surface area contributed by atoms with Crippen molar-refractivity contribution < 1.29 is 17.9 Å². The minimum atomic E-state index is -3.83. The number of nitrogens with zero attached hydrogens (tertiary/aromatic N) is 3. The number of sulfonamides is 1. The second-order valence-electron chi connectivity index (χ2n) is 8.23. The fourth-order valence-corrected chi connectivity index (χ4v) is 4.71. The highest BCUT2D eigenvalue weighted by Gasteiger charge is 2.37. The van der Waals surface area contributed by atoms with E-state index in [1.54, 1.807) is 37.9 Å². The summed E-state index contributed by atoms with van der Waals surface area (Å²) in [5, 5.41) is 3.08. The molecule has 0 bridgehead atoms. The number of nitrogens with one attached hydrogen (secondary N) is 1. The molecule has 1 saturated heterocycles. The van der Waals surface area contributed by atoms with E-state index in [1.807, 2.05) is 30.3 Å². The SMILES string of the molecule is CN([C@H]1CCN(C(=O)OC(C)(C)C)C1)S(=O)(=O)c1cccnc1Nc1ccccc1. The number of hydrogen-bond donors (Lipinski definition) is 1. The summed E-state index contributed by atoms with van der Waals surface area (Å²) in [6.45, 7) is 6.14. The summed E-state index contributed by atoms with van der Waals surface area (Å²) in [4.78, 5) is 18.2. The van der Waals surface area contributed by atoms with Crippen LogP contribution in [0.4, 0.5) is 16.3 Å². The molecular weight excluding hydrogens is 404 g/mol. The minimum absolute atomic E-state index is 0.0899. The molecule has 1 atom stereocenters. The van der Waals surface area contributed by atoms with Crippen molar-refractivity contribution in [2.75, 3.05) is 25.5 Å². The number of benzene rings is 1. The molecule has 2 aromatic rings. The smallest absolute Gasteiger partial charge is 0.410 e. The maximum Gasteiger partial charge on any atom is 0.410 e. The van der Waals surface area contributed by atoms with Gasteiger partial charge in [0.2, 0.25) is 10.0 Å². The average Bonchev–Trinajstić information content (AvgIpc) is 3.17. The largest absolute Gasteiger partial charge is 0.444 e. The van der Waals surface area contributed by atoms with Crippen molar-refractivity contribution >= 4 is 27.6 Å². The first kappa shape index (κ1) is 22.0. The number of ether oxygens (including phenoxy) is 1. The van der Waals surface area contributed by atoms with Crippen molar-refractivity contribution in [3.8, 4) is 0 Å². The zero-order valence-electron chi connectivity index (χ0n) is 17.7. The molecular formula is C21H28N4O4S. The Hall–Kier alpha value is -2.65. The molecule has 1 fully saturated rings. The lowest BCUT2D eigenvalue weighted by Crippen LogP contribution is -2.41. The van der Waals surface area contributed by atoms with E-state index in [9.17, 15) is 13.2 Å². The summed E-state index contributed by atoms with van der Waals surface area (Å²) >= 11 is 0. The lowest BCUT2D eigenvalue weighted by Gasteiger charge is -2.26. The highest BCUT2D eigenvalue weighted by Crippen LogP contribution is 2.28. The lowest BCUT2D eigenvalue weighted by atomic mass is 10.2. The van der Waals surface area contributed by atoms with E-state index < -0.39 is 21.7 Å². The van der Waals surface area contributed by atoms with Crippen LogP contribution in [0, 0.1) is 0 Å². The quantitative estimate of drug-likeness (QED) is 0.778. The van der Waals surface area contributed by atoms with Crippen molar-refractivity contribution in [1.82, 2.24) is 14.2 Å². The van der Waals surface area contributed by atoms with E-state index in [-0.39, 0.29) is 23.3 Å². The molecule has 1 aliphatic rings. The third kappa shape index (κ3) is 5.09. The molecule has 1 aromatic carbocycles. The molecule has 0 saturated carbocycles. The maximum atomic E-state index is 13.3. The Kier molecular flexibility index (Phi) is 6.33. The molecule has 1 aromatic heterocycles. The number of anilines is 2. The van der Waals surface area contributed by atoms with Gasteiger partial charge >= 0.3 is 6.09 Å². The van der Waals surface area contributed by atoms with Crippen LogP contribution in [0.3, 0.4) is 0 Å². The summed E-state index contributed by atoms with van der Waals surface area (Å²) in [5.41, 5.74) is 0.146. The highest BCUT2D eigenvalue weighted by atomic mass is 32.2. The molecule has 0 radical (unpaired) electrons. The molecule has 3 rings (SSSR count). The van der Waals surface area contributed by atoms with Gasteiger partial charge in [0.15, 0.2) is 5.82 Å². The zero-order chi connectivity index (χ0) is 21.9. The summed E-state index contributed by atoms with van der Waals surface area (Å²) in [6.07, 6.45) is 1.66. The van der Waals surface area contributed by atoms with Gasteiger partial charge in [0.1, 0.15) is 10.5 Å². The third-order valence-electron chi connectivity index (χ3n) is 4.79. The molecule has 1 amide bonds. The topological polar surface area (TPSA) is 91.8 Å². The summed E-state index contributed by atoms with van der Waals surface area (Å²) in [7, 11) is -2.29. The van der Waals surface area contributed by atoms with E-state index in [0.29, 0.717) is 13.0 Å². The number of pyridine rings is 1. The first-order valence-electron chi connectivity index (χ1n) is 9.81. The number of likely N-dealkylation sites (N-methyl/N-ethyl adjacent to an activating group) is 1. The summed E-state index contributed by atoms with van der Waals surface area (Å²) in [6, 6.07) is 12.1. The van der Waals surface area contributed by atoms with E-state index in [2.05, 4.69) is 10.3 Å². The van der Waals surface area contributed by atoms with Gasteiger partial charge in [-0.2, -0.15) is 4.31 Å². The van der Waals surface area contributed by atoms with Gasteiger partial charge in [-0.05, 0) is 51.5 Å². The van der Waals surface area contributed by atoms with Crippen LogP contribution in [0.2, 0.25) is 0 Å². The third-order valence-corrected chi connectivity index (χ3v) is 6.74. The van der Waals surface area contributed by atoms with E-state index in [0.717, 1.165) is 5.69 Å². The second kappa shape index (κ2) is 8.61. The molecule has 0 unspecified atom stereocenters. The highest BCUT2D eigenvalue weighted by molar-refractivity contribution is 7.89. The van der Waals surface area contributed by atoms with Crippen molar-refractivity contribution in [2.24, 2.45) is 0 Å². The van der Waals surface area contributed by atoms with Crippen LogP contribution in [0.5, 0.6) is 0 Å². The van der Waals surface area contributed by atoms with Gasteiger partial charge in [-0.3, -0.25) is 0 Å². The maximum absolute atomic E-state index is 13.3. The minimum Gasteiger partial charge on any atom is -0.444 e. The number of likely N-dealkylation sites (tertiary alicyclic amines) is 1. The fourth-order valence-electron chi connectivity index (χ4n) is 3.23. The van der Waals surface area contributed by atoms with Crippen LogP contribution >= 0.6 is 0 Å². The zero-order valence-corrected chi connectivity index (χ0v) is 18.5. The molecule has 9 heteroatoms. The summed E-state index contributed by atoms with van der Waals surface area (Å²) in [5.74, 6) is 0.262. The van der Waals surface area contributed by atoms with Crippen LogP contribution in [0.15, 0.2) is 53.6 Å². The van der Waals surface area contributed by atoms with Crippen LogP contribution in [-0.4, -0.2) is 60.5 Å². The van der Waals surface area contributed by atoms with Gasteiger partial charge in [0.05, 0.1) is 0 Å². The number of carbonyl (C=O) groups excluding carboxylic acids is 1. The van der Waals surface area contributed by atoms with Crippen molar-refractivity contribution in [3.63, 3.8) is 0 Å². The first-order chi connectivity index (χ1) is 14.1. The molecule has 8 nitrogen and oxygen atoms in total. The number of hydrogen-bond acceptors (Lipinski definition) is 6. The number of para-hydroxylation sites is 1. The Balaban J connectivity index is 1.77. The van der Waals surface area contributed by atoms with Gasteiger partial charge < -0.3 is 15.0 Å². The van der Waals surface area contributed by atoms with E-state index in [4.69, 9.17) is 4.74 Å². The Labute approximate surface area is 177 Å². The van der Waals surface area contributed by atoms with Gasteiger partial charge in [-0.1, -0.05) is 18.2 Å². The molecule has 1 N–H and O–H groups in total. The van der Waals surface area contributed by atoms with Crippen LogP contribution < -0.4 is 5.32 Å². The Morgan fingerprint density at radius 1 is 1.20 bits per heavy atom. The predicted octanol–water partition coefficient (Wildman–Crippen LogP) is 3.46. The first-order valence-corrected chi connectivity index (χ1v) is 11.2. The van der Waals surface area contributed by atoms with Crippen LogP contribution in [0.25, 0.3) is 0 Å². The Morgan fingerprint density at radius 3 is 2.57 bits per heavy atom. The number of aromatic nitrogens is 1. The Bertz CT molecular complexity index is 990. The molecule has 162 valence electrons. The number of carbonyl (C=O) groups is 1. The summed E-state index contributed by atoms with van der Waals surface area (Å²) < 4.78 is 33.4. The van der Waals surface area contributed by atoms with Gasteiger partial charge in [0.25, 0.3) is 0 Å². The van der Waals surface area contributed by atoms with Gasteiger partial charge in [-0.25, -0.2) is 18.2 Å². The van der Waals surface area contributed by atoms with Crippen molar-refractivity contribution in [3.05, 3.63) is 48.7 Å². The van der Waals surface area contributed by atoms with Crippen molar-refractivity contribution in [1.29, 1.82) is 0 Å². The lowest BCUT2D eigenvalue weighted by molar-refractivity contribution is 0.0287. The van der Waals surface area contributed by atoms with Gasteiger partial charge in [-0.15, -0.1) is 0 Å².